The predicted octanol–water partition coefficient (Wildman–Crippen LogP) is 0.701. The first-order valence-corrected chi connectivity index (χ1v) is 7.85. The summed E-state index contributed by atoms with van der Waals surface area (Å²) in [5, 5.41) is 2.85. The second-order valence-electron chi connectivity index (χ2n) is 6.20. The molecule has 0 bridgehead atoms. The van der Waals surface area contributed by atoms with Crippen molar-refractivity contribution in [3.63, 3.8) is 0 Å². The monoisotopic (exact) mass is 281 g/mol. The van der Waals surface area contributed by atoms with Crippen LogP contribution in [0.3, 0.4) is 0 Å². The predicted molar refractivity (Wildman–Crippen MR) is 78.2 cm³/mol. The van der Waals surface area contributed by atoms with Crippen molar-refractivity contribution < 1.29 is 9.59 Å². The van der Waals surface area contributed by atoms with E-state index in [0.29, 0.717) is 5.92 Å². The highest BCUT2D eigenvalue weighted by Gasteiger charge is 2.37. The first-order chi connectivity index (χ1) is 9.55. The standard InChI is InChI=1S/C15H27N3O2/c1-4-11(3)14-15(20)18(10-13(19)16-14)9-12-6-7-17(5-2)8-12/h11-12,14H,4-10H2,1-3H3,(H,16,19). The largest absolute Gasteiger partial charge is 0.342 e. The molecule has 0 aromatic carbocycles. The fraction of sp³-hybridized carbons (Fsp3) is 0.867. The van der Waals surface area contributed by atoms with Crippen LogP contribution >= 0.6 is 0 Å². The van der Waals surface area contributed by atoms with Crippen LogP contribution in [-0.4, -0.2) is 60.4 Å². The summed E-state index contributed by atoms with van der Waals surface area (Å²) in [6, 6.07) is -0.329. The summed E-state index contributed by atoms with van der Waals surface area (Å²) in [4.78, 5) is 28.5. The first-order valence-electron chi connectivity index (χ1n) is 7.85. The number of nitrogens with one attached hydrogen (secondary N) is 1. The molecule has 1 N–H and O–H groups in total. The summed E-state index contributed by atoms with van der Waals surface area (Å²) in [5.74, 6) is 0.807. The van der Waals surface area contributed by atoms with Crippen LogP contribution in [0.15, 0.2) is 0 Å². The SMILES string of the molecule is CCC(C)C1NC(=O)CN(CC2CCN(CC)C2)C1=O. The Kier molecular flexibility index (Phi) is 5.02. The van der Waals surface area contributed by atoms with Crippen molar-refractivity contribution in [1.82, 2.24) is 15.1 Å². The minimum atomic E-state index is -0.329. The Morgan fingerprint density at radius 3 is 2.70 bits per heavy atom. The Morgan fingerprint density at radius 2 is 2.10 bits per heavy atom. The molecule has 2 aliphatic heterocycles. The zero-order valence-electron chi connectivity index (χ0n) is 12.9. The maximum Gasteiger partial charge on any atom is 0.245 e. The summed E-state index contributed by atoms with van der Waals surface area (Å²) < 4.78 is 0. The molecular weight excluding hydrogens is 254 g/mol. The third-order valence-corrected chi connectivity index (χ3v) is 4.74. The van der Waals surface area contributed by atoms with Gasteiger partial charge in [-0.2, -0.15) is 0 Å². The normalized spacial score (nSPS) is 29.6. The number of piperazine rings is 1. The molecule has 0 aromatic heterocycles. The maximum atomic E-state index is 12.5. The van der Waals surface area contributed by atoms with E-state index in [9.17, 15) is 9.59 Å². The van der Waals surface area contributed by atoms with Gasteiger partial charge in [0.05, 0.1) is 6.54 Å². The van der Waals surface area contributed by atoms with Crippen LogP contribution in [0.2, 0.25) is 0 Å². The van der Waals surface area contributed by atoms with Gasteiger partial charge in [-0.1, -0.05) is 27.2 Å². The molecule has 2 fully saturated rings. The van der Waals surface area contributed by atoms with Gasteiger partial charge in [0.1, 0.15) is 6.04 Å². The molecule has 2 amide bonds. The van der Waals surface area contributed by atoms with Gasteiger partial charge < -0.3 is 15.1 Å². The van der Waals surface area contributed by atoms with Crippen molar-refractivity contribution in [1.29, 1.82) is 0 Å². The average Bonchev–Trinajstić information content (AvgIpc) is 2.89. The molecular formula is C15H27N3O2. The van der Waals surface area contributed by atoms with Crippen molar-refractivity contribution in [2.75, 3.05) is 32.7 Å². The third-order valence-electron chi connectivity index (χ3n) is 4.74. The number of likely N-dealkylation sites (tertiary alicyclic amines) is 1. The fourth-order valence-electron chi connectivity index (χ4n) is 3.17. The quantitative estimate of drug-likeness (QED) is 0.807. The number of amides is 2. The molecule has 20 heavy (non-hydrogen) atoms. The van der Waals surface area contributed by atoms with Gasteiger partial charge in [0.15, 0.2) is 0 Å². The van der Waals surface area contributed by atoms with Crippen molar-refractivity contribution in [2.45, 2.75) is 39.7 Å². The Bertz CT molecular complexity index is 372. The van der Waals surface area contributed by atoms with Gasteiger partial charge in [-0.25, -0.2) is 0 Å². The Morgan fingerprint density at radius 1 is 1.35 bits per heavy atom. The van der Waals surface area contributed by atoms with Crippen molar-refractivity contribution in [3.8, 4) is 0 Å². The minimum absolute atomic E-state index is 0.0137. The Balaban J connectivity index is 1.96. The van der Waals surface area contributed by atoms with Crippen LogP contribution in [0.4, 0.5) is 0 Å². The number of hydrogen-bond acceptors (Lipinski definition) is 3. The van der Waals surface area contributed by atoms with Crippen LogP contribution in [0.1, 0.15) is 33.6 Å². The van der Waals surface area contributed by atoms with Crippen LogP contribution < -0.4 is 5.32 Å². The van der Waals surface area contributed by atoms with Crippen LogP contribution in [0.25, 0.3) is 0 Å². The molecule has 3 atom stereocenters. The minimum Gasteiger partial charge on any atom is -0.342 e. The highest BCUT2D eigenvalue weighted by molar-refractivity contribution is 5.95. The lowest BCUT2D eigenvalue weighted by molar-refractivity contribution is -0.146. The van der Waals surface area contributed by atoms with E-state index >= 15 is 0 Å². The smallest absolute Gasteiger partial charge is 0.245 e. The van der Waals surface area contributed by atoms with E-state index in [1.54, 1.807) is 4.90 Å². The van der Waals surface area contributed by atoms with Crippen LogP contribution in [-0.2, 0) is 9.59 Å². The number of hydrogen-bond donors (Lipinski definition) is 1. The molecule has 0 aliphatic carbocycles. The summed E-state index contributed by atoms with van der Waals surface area (Å²) >= 11 is 0. The molecule has 0 aromatic rings. The number of nitrogens with zero attached hydrogens (tertiary/aromatic N) is 2. The van der Waals surface area contributed by atoms with Gasteiger partial charge in [-0.15, -0.1) is 0 Å². The molecule has 5 nitrogen and oxygen atoms in total. The van der Waals surface area contributed by atoms with Gasteiger partial charge in [0.25, 0.3) is 0 Å². The first kappa shape index (κ1) is 15.3. The maximum absolute atomic E-state index is 12.5. The van der Waals surface area contributed by atoms with Crippen molar-refractivity contribution in [3.05, 3.63) is 0 Å². The lowest BCUT2D eigenvalue weighted by Gasteiger charge is -2.36. The van der Waals surface area contributed by atoms with Gasteiger partial charge in [-0.3, -0.25) is 9.59 Å². The van der Waals surface area contributed by atoms with E-state index in [-0.39, 0.29) is 30.3 Å². The van der Waals surface area contributed by atoms with Crippen LogP contribution in [0.5, 0.6) is 0 Å². The summed E-state index contributed by atoms with van der Waals surface area (Å²) in [7, 11) is 0. The van der Waals surface area contributed by atoms with E-state index in [0.717, 1.165) is 39.0 Å². The van der Waals surface area contributed by atoms with Gasteiger partial charge in [0, 0.05) is 13.1 Å². The van der Waals surface area contributed by atoms with E-state index in [2.05, 4.69) is 24.1 Å². The molecule has 3 unspecified atom stereocenters. The zero-order chi connectivity index (χ0) is 14.7. The molecule has 2 heterocycles. The third kappa shape index (κ3) is 3.32. The second kappa shape index (κ2) is 6.57. The average molecular weight is 281 g/mol. The highest BCUT2D eigenvalue weighted by Crippen LogP contribution is 2.20. The summed E-state index contributed by atoms with van der Waals surface area (Å²) in [6.07, 6.45) is 2.03. The van der Waals surface area contributed by atoms with E-state index in [4.69, 9.17) is 0 Å². The molecule has 5 heteroatoms. The molecule has 0 spiro atoms. The lowest BCUT2D eigenvalue weighted by Crippen LogP contribution is -2.60. The van der Waals surface area contributed by atoms with Crippen molar-refractivity contribution >= 4 is 11.8 Å². The Labute approximate surface area is 121 Å². The second-order valence-corrected chi connectivity index (χ2v) is 6.20. The van der Waals surface area contributed by atoms with E-state index < -0.39 is 0 Å². The van der Waals surface area contributed by atoms with Gasteiger partial charge in [0.2, 0.25) is 11.8 Å². The van der Waals surface area contributed by atoms with Gasteiger partial charge in [-0.05, 0) is 31.3 Å². The van der Waals surface area contributed by atoms with Crippen LogP contribution in [0, 0.1) is 11.8 Å². The zero-order valence-corrected chi connectivity index (χ0v) is 12.9. The van der Waals surface area contributed by atoms with Crippen molar-refractivity contribution in [2.24, 2.45) is 11.8 Å². The Hall–Kier alpha value is -1.10. The molecule has 2 rings (SSSR count). The van der Waals surface area contributed by atoms with E-state index in [1.807, 2.05) is 6.92 Å². The number of carbonyl (C=O) groups is 2. The number of rotatable bonds is 5. The topological polar surface area (TPSA) is 52.7 Å². The van der Waals surface area contributed by atoms with E-state index in [1.165, 1.54) is 0 Å². The lowest BCUT2D eigenvalue weighted by atomic mass is 9.95. The molecule has 0 saturated carbocycles. The van der Waals surface area contributed by atoms with Gasteiger partial charge >= 0.3 is 0 Å². The highest BCUT2D eigenvalue weighted by atomic mass is 16.2. The molecule has 114 valence electrons. The fourth-order valence-corrected chi connectivity index (χ4v) is 3.17. The number of carbonyl (C=O) groups excluding carboxylic acids is 2. The molecule has 2 saturated heterocycles. The summed E-state index contributed by atoms with van der Waals surface area (Å²) in [6.45, 7) is 10.4. The molecule has 2 aliphatic rings. The summed E-state index contributed by atoms with van der Waals surface area (Å²) in [5.41, 5.74) is 0. The molecule has 0 radical (unpaired) electrons.